The predicted molar refractivity (Wildman–Crippen MR) is 120 cm³/mol. The van der Waals surface area contributed by atoms with E-state index in [1.54, 1.807) is 19.1 Å². The van der Waals surface area contributed by atoms with Crippen LogP contribution in [0, 0.1) is 0 Å². The molecule has 0 saturated carbocycles. The van der Waals surface area contributed by atoms with Crippen molar-refractivity contribution in [2.75, 3.05) is 32.7 Å². The maximum absolute atomic E-state index is 13.0. The van der Waals surface area contributed by atoms with Crippen LogP contribution in [0.2, 0.25) is 0 Å². The van der Waals surface area contributed by atoms with Gasteiger partial charge in [0.05, 0.1) is 32.4 Å². The Kier molecular flexibility index (Phi) is 6.91. The highest BCUT2D eigenvalue weighted by atomic mass is 16.5. The van der Waals surface area contributed by atoms with Crippen molar-refractivity contribution in [3.8, 4) is 22.8 Å². The fourth-order valence-electron chi connectivity index (χ4n) is 3.69. The molecule has 1 unspecified atom stereocenters. The van der Waals surface area contributed by atoms with E-state index in [4.69, 9.17) is 18.7 Å². The molecular weight excluding hydrogens is 410 g/mol. The average Bonchev–Trinajstić information content (AvgIpc) is 3.51. The summed E-state index contributed by atoms with van der Waals surface area (Å²) < 4.78 is 22.1. The third kappa shape index (κ3) is 5.20. The minimum Gasteiger partial charge on any atom is -0.497 e. The van der Waals surface area contributed by atoms with E-state index in [9.17, 15) is 4.79 Å². The van der Waals surface area contributed by atoms with Crippen molar-refractivity contribution < 1.29 is 23.5 Å². The summed E-state index contributed by atoms with van der Waals surface area (Å²) in [7, 11) is 3.20. The van der Waals surface area contributed by atoms with Crippen LogP contribution < -0.4 is 14.8 Å². The lowest BCUT2D eigenvalue weighted by molar-refractivity contribution is 0.0814. The third-order valence-corrected chi connectivity index (χ3v) is 5.34. The monoisotopic (exact) mass is 437 g/mol. The normalized spacial score (nSPS) is 15.4. The predicted octanol–water partition coefficient (Wildman–Crippen LogP) is 4.57. The molecule has 8 nitrogen and oxygen atoms in total. The number of urea groups is 1. The first kappa shape index (κ1) is 21.7. The number of hydrogen-bond donors (Lipinski definition) is 1. The molecule has 1 atom stereocenters. The fraction of sp³-hybridized carbons (Fsp3) is 0.333. The van der Waals surface area contributed by atoms with E-state index in [2.05, 4.69) is 10.5 Å². The SMILES string of the molecule is COc1ccc(OC)c(-c2cc(CN(CC3CCCO3)C(=O)Nc3ccccc3)no2)c1. The molecule has 1 aliphatic rings. The van der Waals surface area contributed by atoms with Gasteiger partial charge in [0.15, 0.2) is 5.76 Å². The van der Waals surface area contributed by atoms with Gasteiger partial charge >= 0.3 is 6.03 Å². The Morgan fingerprint density at radius 1 is 1.16 bits per heavy atom. The van der Waals surface area contributed by atoms with Crippen molar-refractivity contribution in [1.82, 2.24) is 10.1 Å². The van der Waals surface area contributed by atoms with Gasteiger partial charge in [0, 0.05) is 24.9 Å². The summed E-state index contributed by atoms with van der Waals surface area (Å²) in [6.07, 6.45) is 1.95. The van der Waals surface area contributed by atoms with E-state index in [1.807, 2.05) is 54.6 Å². The molecule has 2 heterocycles. The van der Waals surface area contributed by atoms with Crippen molar-refractivity contribution in [3.05, 3.63) is 60.3 Å². The summed E-state index contributed by atoms with van der Waals surface area (Å²) in [6.45, 7) is 1.49. The molecule has 168 valence electrons. The molecule has 1 aromatic heterocycles. The molecule has 1 aliphatic heterocycles. The Bertz CT molecular complexity index is 1030. The quantitative estimate of drug-likeness (QED) is 0.556. The summed E-state index contributed by atoms with van der Waals surface area (Å²) in [4.78, 5) is 14.7. The molecule has 1 N–H and O–H groups in total. The van der Waals surface area contributed by atoms with Gasteiger partial charge in [-0.1, -0.05) is 23.4 Å². The zero-order valence-electron chi connectivity index (χ0n) is 18.2. The lowest BCUT2D eigenvalue weighted by atomic mass is 10.1. The first-order valence-corrected chi connectivity index (χ1v) is 10.6. The van der Waals surface area contributed by atoms with Crippen LogP contribution >= 0.6 is 0 Å². The number of benzene rings is 2. The summed E-state index contributed by atoms with van der Waals surface area (Å²) in [5.41, 5.74) is 2.09. The number of amides is 2. The summed E-state index contributed by atoms with van der Waals surface area (Å²) in [5, 5.41) is 7.14. The topological polar surface area (TPSA) is 86.1 Å². The molecule has 4 rings (SSSR count). The van der Waals surface area contributed by atoms with E-state index in [1.165, 1.54) is 0 Å². The summed E-state index contributed by atoms with van der Waals surface area (Å²) >= 11 is 0. The smallest absolute Gasteiger partial charge is 0.322 e. The van der Waals surface area contributed by atoms with Crippen molar-refractivity contribution >= 4 is 11.7 Å². The second kappa shape index (κ2) is 10.2. The van der Waals surface area contributed by atoms with Crippen LogP contribution in [0.25, 0.3) is 11.3 Å². The van der Waals surface area contributed by atoms with Gasteiger partial charge < -0.3 is 29.0 Å². The molecule has 8 heteroatoms. The lowest BCUT2D eigenvalue weighted by Crippen LogP contribution is -2.39. The van der Waals surface area contributed by atoms with Gasteiger partial charge in [0.1, 0.15) is 17.2 Å². The molecule has 32 heavy (non-hydrogen) atoms. The van der Waals surface area contributed by atoms with Crippen LogP contribution in [0.5, 0.6) is 11.5 Å². The third-order valence-electron chi connectivity index (χ3n) is 5.34. The lowest BCUT2D eigenvalue weighted by Gasteiger charge is -2.25. The minimum atomic E-state index is -0.213. The number of para-hydroxylation sites is 1. The number of ether oxygens (including phenoxy) is 3. The van der Waals surface area contributed by atoms with Crippen LogP contribution in [0.15, 0.2) is 59.1 Å². The Morgan fingerprint density at radius 3 is 2.72 bits per heavy atom. The van der Waals surface area contributed by atoms with E-state index < -0.39 is 0 Å². The summed E-state index contributed by atoms with van der Waals surface area (Å²) in [6, 6.07) is 16.4. The van der Waals surface area contributed by atoms with Crippen molar-refractivity contribution in [3.63, 3.8) is 0 Å². The average molecular weight is 437 g/mol. The van der Waals surface area contributed by atoms with Crippen LogP contribution in [-0.2, 0) is 11.3 Å². The maximum atomic E-state index is 13.0. The molecular formula is C24H27N3O5. The second-order valence-electron chi connectivity index (χ2n) is 7.56. The van der Waals surface area contributed by atoms with Crippen molar-refractivity contribution in [2.24, 2.45) is 0 Å². The van der Waals surface area contributed by atoms with Crippen LogP contribution in [0.3, 0.4) is 0 Å². The van der Waals surface area contributed by atoms with Crippen molar-refractivity contribution in [1.29, 1.82) is 0 Å². The van der Waals surface area contributed by atoms with Gasteiger partial charge in [-0.25, -0.2) is 4.79 Å². The number of rotatable bonds is 8. The highest BCUT2D eigenvalue weighted by Gasteiger charge is 2.24. The first-order chi connectivity index (χ1) is 15.7. The highest BCUT2D eigenvalue weighted by molar-refractivity contribution is 5.89. The molecule has 1 fully saturated rings. The largest absolute Gasteiger partial charge is 0.497 e. The van der Waals surface area contributed by atoms with Crippen LogP contribution in [-0.4, -0.2) is 49.6 Å². The zero-order valence-corrected chi connectivity index (χ0v) is 18.2. The number of nitrogens with zero attached hydrogens (tertiary/aromatic N) is 2. The Balaban J connectivity index is 1.53. The van der Waals surface area contributed by atoms with E-state index in [0.29, 0.717) is 29.5 Å². The standard InChI is InChI=1S/C24H27N3O5/c1-29-19-10-11-22(30-2)21(14-19)23-13-18(26-32-23)15-27(16-20-9-6-12-31-20)24(28)25-17-7-4-3-5-8-17/h3-5,7-8,10-11,13-14,20H,6,9,12,15-16H2,1-2H3,(H,25,28). The Hall–Kier alpha value is -3.52. The Labute approximate surface area is 187 Å². The number of carbonyl (C=O) groups is 1. The number of anilines is 1. The van der Waals surface area contributed by atoms with Crippen molar-refractivity contribution in [2.45, 2.75) is 25.5 Å². The van der Waals surface area contributed by atoms with Gasteiger partial charge in [-0.05, 0) is 43.2 Å². The molecule has 0 aliphatic carbocycles. The zero-order chi connectivity index (χ0) is 22.3. The molecule has 0 spiro atoms. The Morgan fingerprint density at radius 2 is 2.00 bits per heavy atom. The van der Waals surface area contributed by atoms with Gasteiger partial charge in [0.2, 0.25) is 0 Å². The number of carbonyl (C=O) groups excluding carboxylic acids is 1. The molecule has 0 bridgehead atoms. The van der Waals surface area contributed by atoms with Gasteiger partial charge in [-0.3, -0.25) is 0 Å². The first-order valence-electron chi connectivity index (χ1n) is 10.6. The fourth-order valence-corrected chi connectivity index (χ4v) is 3.69. The molecule has 0 radical (unpaired) electrons. The molecule has 2 amide bonds. The van der Waals surface area contributed by atoms with E-state index >= 15 is 0 Å². The van der Waals surface area contributed by atoms with Gasteiger partial charge in [-0.2, -0.15) is 0 Å². The van der Waals surface area contributed by atoms with Crippen LogP contribution in [0.1, 0.15) is 18.5 Å². The number of nitrogens with one attached hydrogen (secondary N) is 1. The number of methoxy groups -OCH3 is 2. The molecule has 1 saturated heterocycles. The molecule has 2 aromatic carbocycles. The van der Waals surface area contributed by atoms with Gasteiger partial charge in [0.25, 0.3) is 0 Å². The highest BCUT2D eigenvalue weighted by Crippen LogP contribution is 2.34. The number of aromatic nitrogens is 1. The summed E-state index contributed by atoms with van der Waals surface area (Å²) in [5.74, 6) is 1.86. The van der Waals surface area contributed by atoms with E-state index in [0.717, 1.165) is 30.7 Å². The minimum absolute atomic E-state index is 0.0152. The molecule has 3 aromatic rings. The number of hydrogen-bond acceptors (Lipinski definition) is 6. The van der Waals surface area contributed by atoms with Gasteiger partial charge in [-0.15, -0.1) is 0 Å². The second-order valence-corrected chi connectivity index (χ2v) is 7.56. The maximum Gasteiger partial charge on any atom is 0.322 e. The van der Waals surface area contributed by atoms with Crippen LogP contribution in [0.4, 0.5) is 10.5 Å². The van der Waals surface area contributed by atoms with E-state index in [-0.39, 0.29) is 18.7 Å².